The van der Waals surface area contributed by atoms with Crippen LogP contribution in [-0.2, 0) is 7.05 Å². The SMILES string of the molecule is C=Cc1c(C=N)c2cc(-c3ccc4c(-c5cc6ccccc6c6ccccc56)c5ccccc5c(-c5cccc6ccccc56)c4c3)ccc2n1C. The number of aromatic nitrogens is 1. The molecular formula is C50H34N2. The normalized spacial score (nSPS) is 11.7. The molecule has 0 aliphatic heterocycles. The number of aryl methyl sites for hydroxylation is 1. The molecule has 0 fully saturated rings. The van der Waals surface area contributed by atoms with Gasteiger partial charge in [0.1, 0.15) is 0 Å². The van der Waals surface area contributed by atoms with E-state index in [9.17, 15) is 0 Å². The molecule has 52 heavy (non-hydrogen) atoms. The van der Waals surface area contributed by atoms with Crippen molar-refractivity contribution in [2.45, 2.75) is 0 Å². The van der Waals surface area contributed by atoms with E-state index in [2.05, 4.69) is 169 Å². The molecule has 9 aromatic carbocycles. The smallest absolute Gasteiger partial charge is 0.0498 e. The van der Waals surface area contributed by atoms with E-state index in [1.54, 1.807) is 0 Å². The predicted molar refractivity (Wildman–Crippen MR) is 225 cm³/mol. The quantitative estimate of drug-likeness (QED) is 0.108. The minimum absolute atomic E-state index is 0.892. The second-order valence-corrected chi connectivity index (χ2v) is 13.7. The molecule has 1 heterocycles. The minimum Gasteiger partial charge on any atom is -0.344 e. The summed E-state index contributed by atoms with van der Waals surface area (Å²) >= 11 is 0. The Morgan fingerprint density at radius 3 is 1.75 bits per heavy atom. The summed E-state index contributed by atoms with van der Waals surface area (Å²) in [5.74, 6) is 0. The van der Waals surface area contributed by atoms with Gasteiger partial charge in [-0.2, -0.15) is 0 Å². The number of fused-ring (bicyclic) bond motifs is 7. The molecule has 0 bridgehead atoms. The van der Waals surface area contributed by atoms with Crippen LogP contribution >= 0.6 is 0 Å². The first-order chi connectivity index (χ1) is 25.6. The number of benzene rings is 9. The summed E-state index contributed by atoms with van der Waals surface area (Å²) in [5.41, 5.74) is 10.2. The van der Waals surface area contributed by atoms with Crippen LogP contribution in [0.2, 0.25) is 0 Å². The monoisotopic (exact) mass is 662 g/mol. The fraction of sp³-hybridized carbons (Fsp3) is 0.0200. The average molecular weight is 663 g/mol. The van der Waals surface area contributed by atoms with Gasteiger partial charge in [0.2, 0.25) is 0 Å². The number of rotatable bonds is 5. The molecule has 0 saturated heterocycles. The van der Waals surface area contributed by atoms with E-state index in [-0.39, 0.29) is 0 Å². The number of nitrogens with one attached hydrogen (secondary N) is 1. The highest BCUT2D eigenvalue weighted by Gasteiger charge is 2.21. The van der Waals surface area contributed by atoms with Crippen LogP contribution in [0.15, 0.2) is 164 Å². The Morgan fingerprint density at radius 1 is 0.462 bits per heavy atom. The van der Waals surface area contributed by atoms with Gasteiger partial charge in [-0.3, -0.25) is 0 Å². The van der Waals surface area contributed by atoms with Crippen LogP contribution in [0.1, 0.15) is 11.3 Å². The van der Waals surface area contributed by atoms with E-state index in [1.807, 2.05) is 13.1 Å². The lowest BCUT2D eigenvalue weighted by molar-refractivity contribution is 0.954. The van der Waals surface area contributed by atoms with Gasteiger partial charge in [-0.05, 0) is 118 Å². The Balaban J connectivity index is 1.36. The Kier molecular flexibility index (Phi) is 6.74. The summed E-state index contributed by atoms with van der Waals surface area (Å²) in [6, 6.07) is 58.0. The summed E-state index contributed by atoms with van der Waals surface area (Å²) in [6.07, 6.45) is 3.30. The van der Waals surface area contributed by atoms with E-state index in [0.29, 0.717) is 0 Å². The molecule has 10 rings (SSSR count). The molecule has 0 aliphatic carbocycles. The molecule has 0 spiro atoms. The third kappa shape index (κ3) is 4.34. The molecule has 0 unspecified atom stereocenters. The average Bonchev–Trinajstić information content (AvgIpc) is 3.48. The topological polar surface area (TPSA) is 28.8 Å². The largest absolute Gasteiger partial charge is 0.344 e. The molecule has 10 aromatic rings. The first kappa shape index (κ1) is 30.1. The van der Waals surface area contributed by atoms with E-state index < -0.39 is 0 Å². The van der Waals surface area contributed by atoms with Crippen LogP contribution in [0, 0.1) is 5.41 Å². The zero-order chi connectivity index (χ0) is 34.9. The second-order valence-electron chi connectivity index (χ2n) is 13.7. The first-order valence-electron chi connectivity index (χ1n) is 17.8. The molecule has 0 saturated carbocycles. The van der Waals surface area contributed by atoms with Gasteiger partial charge in [-0.15, -0.1) is 0 Å². The molecule has 244 valence electrons. The molecule has 2 nitrogen and oxygen atoms in total. The molecule has 1 N–H and O–H groups in total. The van der Waals surface area contributed by atoms with Crippen molar-refractivity contribution in [2.75, 3.05) is 0 Å². The number of hydrogen-bond acceptors (Lipinski definition) is 1. The first-order valence-corrected chi connectivity index (χ1v) is 17.8. The molecule has 0 radical (unpaired) electrons. The highest BCUT2D eigenvalue weighted by atomic mass is 14.9. The van der Waals surface area contributed by atoms with Crippen molar-refractivity contribution in [1.29, 1.82) is 5.41 Å². The van der Waals surface area contributed by atoms with Crippen molar-refractivity contribution in [2.24, 2.45) is 7.05 Å². The van der Waals surface area contributed by atoms with Gasteiger partial charge in [0, 0.05) is 35.4 Å². The summed E-state index contributed by atoms with van der Waals surface area (Å²) in [5, 5.41) is 21.7. The van der Waals surface area contributed by atoms with Crippen LogP contribution in [0.25, 0.3) is 104 Å². The van der Waals surface area contributed by atoms with Gasteiger partial charge in [0.15, 0.2) is 0 Å². The highest BCUT2D eigenvalue weighted by molar-refractivity contribution is 6.27. The Bertz CT molecular complexity index is 3120. The van der Waals surface area contributed by atoms with E-state index in [1.165, 1.54) is 82.3 Å². The van der Waals surface area contributed by atoms with Gasteiger partial charge in [-0.1, -0.05) is 140 Å². The van der Waals surface area contributed by atoms with Crippen LogP contribution in [0.5, 0.6) is 0 Å². The standard InChI is InChI=1S/C50H34N2/c1-3-47-46(30-51)43-27-33(24-26-48(43)52(47)2)32-23-25-42-45(28-32)49(39-22-12-15-31-13-4-6-16-35(31)39)40-20-10-11-21-41(40)50(42)44-29-34-14-5-7-17-36(34)37-18-8-9-19-38(37)44/h3-30,51H,1H2,2H3. The fourth-order valence-electron chi connectivity index (χ4n) is 8.71. The molecular weight excluding hydrogens is 629 g/mol. The number of hydrogen-bond donors (Lipinski definition) is 1. The van der Waals surface area contributed by atoms with Gasteiger partial charge in [-0.25, -0.2) is 0 Å². The molecule has 1 aromatic heterocycles. The van der Waals surface area contributed by atoms with E-state index in [0.717, 1.165) is 33.3 Å². The Morgan fingerprint density at radius 2 is 1.02 bits per heavy atom. The van der Waals surface area contributed by atoms with Crippen molar-refractivity contribution < 1.29 is 0 Å². The summed E-state index contributed by atoms with van der Waals surface area (Å²) in [4.78, 5) is 0. The van der Waals surface area contributed by atoms with E-state index in [4.69, 9.17) is 5.41 Å². The second kappa shape index (κ2) is 11.7. The zero-order valence-corrected chi connectivity index (χ0v) is 28.8. The van der Waals surface area contributed by atoms with Crippen LogP contribution in [0.4, 0.5) is 0 Å². The number of nitrogens with zero attached hydrogens (tertiary/aromatic N) is 1. The van der Waals surface area contributed by atoms with Crippen LogP contribution in [-0.4, -0.2) is 10.8 Å². The Hall–Kier alpha value is -6.77. The maximum Gasteiger partial charge on any atom is 0.0498 e. The molecule has 0 aliphatic rings. The predicted octanol–water partition coefficient (Wildman–Crippen LogP) is 13.6. The van der Waals surface area contributed by atoms with Crippen molar-refractivity contribution in [3.8, 4) is 33.4 Å². The maximum absolute atomic E-state index is 8.26. The minimum atomic E-state index is 0.892. The van der Waals surface area contributed by atoms with Gasteiger partial charge < -0.3 is 9.98 Å². The molecule has 0 amide bonds. The van der Waals surface area contributed by atoms with Gasteiger partial charge in [0.25, 0.3) is 0 Å². The van der Waals surface area contributed by atoms with Gasteiger partial charge in [0.05, 0.1) is 0 Å². The Labute approximate surface area is 302 Å². The fourth-order valence-corrected chi connectivity index (χ4v) is 8.71. The lowest BCUT2D eigenvalue weighted by Gasteiger charge is -2.21. The highest BCUT2D eigenvalue weighted by Crippen LogP contribution is 2.48. The lowest BCUT2D eigenvalue weighted by Crippen LogP contribution is -1.93. The van der Waals surface area contributed by atoms with Crippen molar-refractivity contribution >= 4 is 77.1 Å². The van der Waals surface area contributed by atoms with Gasteiger partial charge >= 0.3 is 0 Å². The van der Waals surface area contributed by atoms with Crippen molar-refractivity contribution in [3.63, 3.8) is 0 Å². The molecule has 2 heteroatoms. The lowest BCUT2D eigenvalue weighted by atomic mass is 9.82. The maximum atomic E-state index is 8.26. The zero-order valence-electron chi connectivity index (χ0n) is 28.8. The van der Waals surface area contributed by atoms with E-state index >= 15 is 0 Å². The van der Waals surface area contributed by atoms with Crippen molar-refractivity contribution in [3.05, 3.63) is 176 Å². The third-order valence-corrected chi connectivity index (χ3v) is 11.1. The van der Waals surface area contributed by atoms with Crippen LogP contribution < -0.4 is 0 Å². The summed E-state index contributed by atoms with van der Waals surface area (Å²) < 4.78 is 2.12. The third-order valence-electron chi connectivity index (χ3n) is 11.1. The summed E-state index contributed by atoms with van der Waals surface area (Å²) in [7, 11) is 2.04. The van der Waals surface area contributed by atoms with Crippen molar-refractivity contribution in [1.82, 2.24) is 4.57 Å². The summed E-state index contributed by atoms with van der Waals surface area (Å²) in [6.45, 7) is 4.04. The van der Waals surface area contributed by atoms with Crippen LogP contribution in [0.3, 0.4) is 0 Å². The molecule has 0 atom stereocenters.